The Balaban J connectivity index is 2.17. The molecular formula is C14H25N3S. The number of rotatable bonds is 4. The fourth-order valence-corrected chi connectivity index (χ4v) is 2.66. The van der Waals surface area contributed by atoms with E-state index < -0.39 is 0 Å². The van der Waals surface area contributed by atoms with Crippen molar-refractivity contribution < 1.29 is 0 Å². The molecule has 1 fully saturated rings. The van der Waals surface area contributed by atoms with Crippen LogP contribution in [-0.4, -0.2) is 33.6 Å². The second kappa shape index (κ2) is 4.82. The van der Waals surface area contributed by atoms with Gasteiger partial charge in [-0.05, 0) is 39.0 Å². The molecule has 102 valence electrons. The van der Waals surface area contributed by atoms with Gasteiger partial charge in [-0.2, -0.15) is 0 Å². The van der Waals surface area contributed by atoms with Crippen molar-refractivity contribution in [1.29, 1.82) is 0 Å². The molecule has 1 atom stereocenters. The van der Waals surface area contributed by atoms with Crippen LogP contribution < -0.4 is 0 Å². The lowest BCUT2D eigenvalue weighted by atomic mass is 9.92. The second-order valence-corrected chi connectivity index (χ2v) is 6.97. The zero-order valence-electron chi connectivity index (χ0n) is 12.2. The fraction of sp³-hybridized carbons (Fsp3) is 0.786. The summed E-state index contributed by atoms with van der Waals surface area (Å²) in [6.45, 7) is 9.96. The van der Waals surface area contributed by atoms with Crippen LogP contribution in [0.4, 0.5) is 0 Å². The Morgan fingerprint density at radius 3 is 2.61 bits per heavy atom. The summed E-state index contributed by atoms with van der Waals surface area (Å²) in [7, 11) is 2.23. The van der Waals surface area contributed by atoms with E-state index in [1.54, 1.807) is 0 Å². The maximum atomic E-state index is 5.42. The first-order chi connectivity index (χ1) is 8.30. The predicted molar refractivity (Wildman–Crippen MR) is 78.6 cm³/mol. The lowest BCUT2D eigenvalue weighted by Gasteiger charge is -2.28. The number of likely N-dealkylation sites (N-methyl/N-ethyl adjacent to an activating group) is 1. The van der Waals surface area contributed by atoms with E-state index in [-0.39, 0.29) is 5.41 Å². The smallest absolute Gasteiger partial charge is 0.177 e. The Kier molecular flexibility index (Phi) is 3.70. The van der Waals surface area contributed by atoms with E-state index in [1.165, 1.54) is 18.5 Å². The van der Waals surface area contributed by atoms with Gasteiger partial charge in [0.2, 0.25) is 0 Å². The van der Waals surface area contributed by atoms with Gasteiger partial charge in [0, 0.05) is 35.9 Å². The Hall–Kier alpha value is -0.610. The maximum absolute atomic E-state index is 5.42. The van der Waals surface area contributed by atoms with E-state index in [4.69, 9.17) is 12.2 Å². The number of aromatic amines is 1. The number of nitrogens with zero attached hydrogens (tertiary/aromatic N) is 2. The van der Waals surface area contributed by atoms with Gasteiger partial charge in [0.25, 0.3) is 0 Å². The lowest BCUT2D eigenvalue weighted by Crippen LogP contribution is -2.35. The van der Waals surface area contributed by atoms with Crippen LogP contribution >= 0.6 is 12.2 Å². The highest BCUT2D eigenvalue weighted by Gasteiger charge is 2.30. The van der Waals surface area contributed by atoms with Gasteiger partial charge < -0.3 is 9.55 Å². The largest absolute Gasteiger partial charge is 0.337 e. The summed E-state index contributed by atoms with van der Waals surface area (Å²) in [5.74, 6) is 0. The standard InChI is InChI=1S/C14H25N3S/c1-10(16(5)11-6-7-11)9-17-12(14(2,3)4)8-15-13(17)18/h8,10-11H,6-7,9H2,1-5H3,(H,15,18). The van der Waals surface area contributed by atoms with Crippen molar-refractivity contribution in [3.05, 3.63) is 16.7 Å². The Labute approximate surface area is 115 Å². The summed E-state index contributed by atoms with van der Waals surface area (Å²) in [4.78, 5) is 5.68. The highest BCUT2D eigenvalue weighted by atomic mass is 32.1. The fourth-order valence-electron chi connectivity index (χ4n) is 2.43. The number of H-pyrrole nitrogens is 1. The maximum Gasteiger partial charge on any atom is 0.177 e. The Morgan fingerprint density at radius 2 is 2.11 bits per heavy atom. The summed E-state index contributed by atoms with van der Waals surface area (Å²) in [6, 6.07) is 1.33. The Morgan fingerprint density at radius 1 is 1.50 bits per heavy atom. The second-order valence-electron chi connectivity index (χ2n) is 6.59. The van der Waals surface area contributed by atoms with Crippen molar-refractivity contribution in [3.63, 3.8) is 0 Å². The zero-order valence-corrected chi connectivity index (χ0v) is 13.0. The quantitative estimate of drug-likeness (QED) is 0.846. The molecule has 0 radical (unpaired) electrons. The lowest BCUT2D eigenvalue weighted by molar-refractivity contribution is 0.222. The van der Waals surface area contributed by atoms with Gasteiger partial charge in [-0.15, -0.1) is 0 Å². The van der Waals surface area contributed by atoms with E-state index in [2.05, 4.69) is 55.4 Å². The zero-order chi connectivity index (χ0) is 13.5. The van der Waals surface area contributed by atoms with Crippen LogP contribution in [0.25, 0.3) is 0 Å². The molecule has 1 saturated carbocycles. The average molecular weight is 267 g/mol. The molecule has 1 aliphatic carbocycles. The molecule has 1 aliphatic rings. The molecule has 0 spiro atoms. The van der Waals surface area contributed by atoms with Crippen molar-refractivity contribution >= 4 is 12.2 Å². The van der Waals surface area contributed by atoms with Gasteiger partial charge >= 0.3 is 0 Å². The third-order valence-electron chi connectivity index (χ3n) is 3.90. The topological polar surface area (TPSA) is 24.0 Å². The molecule has 1 unspecified atom stereocenters. The molecule has 0 amide bonds. The third kappa shape index (κ3) is 2.86. The molecular weight excluding hydrogens is 242 g/mol. The minimum atomic E-state index is 0.130. The highest BCUT2D eigenvalue weighted by molar-refractivity contribution is 7.71. The third-order valence-corrected chi connectivity index (χ3v) is 4.24. The predicted octanol–water partition coefficient (Wildman–Crippen LogP) is 3.33. The molecule has 2 rings (SSSR count). The molecule has 0 saturated heterocycles. The number of hydrogen-bond donors (Lipinski definition) is 1. The molecule has 0 aliphatic heterocycles. The molecule has 18 heavy (non-hydrogen) atoms. The van der Waals surface area contributed by atoms with Crippen LogP contribution in [-0.2, 0) is 12.0 Å². The molecule has 0 bridgehead atoms. The van der Waals surface area contributed by atoms with E-state index in [0.717, 1.165) is 17.4 Å². The molecule has 3 nitrogen and oxygen atoms in total. The number of imidazole rings is 1. The van der Waals surface area contributed by atoms with E-state index in [9.17, 15) is 0 Å². The minimum Gasteiger partial charge on any atom is -0.337 e. The first-order valence-electron chi connectivity index (χ1n) is 6.81. The van der Waals surface area contributed by atoms with Crippen LogP contribution in [0.2, 0.25) is 0 Å². The van der Waals surface area contributed by atoms with Gasteiger partial charge in [0.1, 0.15) is 0 Å². The first-order valence-corrected chi connectivity index (χ1v) is 7.22. The normalized spacial score (nSPS) is 18.3. The van der Waals surface area contributed by atoms with Crippen molar-refractivity contribution in [2.45, 2.75) is 64.6 Å². The Bertz CT molecular complexity index is 462. The molecule has 1 heterocycles. The van der Waals surface area contributed by atoms with Crippen LogP contribution in [0.5, 0.6) is 0 Å². The SMILES string of the molecule is CC(Cn1c(C(C)(C)C)c[nH]c1=S)N(C)C1CC1. The highest BCUT2D eigenvalue weighted by Crippen LogP contribution is 2.28. The van der Waals surface area contributed by atoms with Crippen LogP contribution in [0, 0.1) is 4.77 Å². The number of nitrogens with one attached hydrogen (secondary N) is 1. The summed E-state index contributed by atoms with van der Waals surface area (Å²) >= 11 is 5.42. The molecule has 1 aromatic heterocycles. The van der Waals surface area contributed by atoms with Crippen LogP contribution in [0.3, 0.4) is 0 Å². The minimum absolute atomic E-state index is 0.130. The van der Waals surface area contributed by atoms with Gasteiger partial charge in [-0.1, -0.05) is 20.8 Å². The van der Waals surface area contributed by atoms with E-state index in [0.29, 0.717) is 6.04 Å². The summed E-state index contributed by atoms with van der Waals surface area (Å²) in [5, 5.41) is 0. The van der Waals surface area contributed by atoms with Gasteiger partial charge in [-0.25, -0.2) is 0 Å². The number of hydrogen-bond acceptors (Lipinski definition) is 2. The number of aromatic nitrogens is 2. The van der Waals surface area contributed by atoms with Crippen molar-refractivity contribution in [2.75, 3.05) is 7.05 Å². The van der Waals surface area contributed by atoms with E-state index >= 15 is 0 Å². The van der Waals surface area contributed by atoms with Crippen molar-refractivity contribution in [1.82, 2.24) is 14.5 Å². The molecule has 0 aromatic carbocycles. The van der Waals surface area contributed by atoms with Gasteiger partial charge in [0.15, 0.2) is 4.77 Å². The van der Waals surface area contributed by atoms with Crippen LogP contribution in [0.15, 0.2) is 6.20 Å². The summed E-state index contributed by atoms with van der Waals surface area (Å²) in [6.07, 6.45) is 4.77. The molecule has 1 aromatic rings. The summed E-state index contributed by atoms with van der Waals surface area (Å²) < 4.78 is 3.11. The molecule has 4 heteroatoms. The summed E-state index contributed by atoms with van der Waals surface area (Å²) in [5.41, 5.74) is 1.43. The average Bonchev–Trinajstić information content (AvgIpc) is 3.03. The first kappa shape index (κ1) is 13.8. The molecule has 1 N–H and O–H groups in total. The van der Waals surface area contributed by atoms with Crippen LogP contribution in [0.1, 0.15) is 46.2 Å². The monoisotopic (exact) mass is 267 g/mol. The van der Waals surface area contributed by atoms with Crippen molar-refractivity contribution in [3.8, 4) is 0 Å². The van der Waals surface area contributed by atoms with Crippen molar-refractivity contribution in [2.24, 2.45) is 0 Å². The van der Waals surface area contributed by atoms with Gasteiger partial charge in [-0.3, -0.25) is 4.90 Å². The van der Waals surface area contributed by atoms with E-state index in [1.807, 2.05) is 0 Å². The van der Waals surface area contributed by atoms with Gasteiger partial charge in [0.05, 0.1) is 0 Å².